The molecule has 2 heteroatoms. The summed E-state index contributed by atoms with van der Waals surface area (Å²) in [7, 11) is 0. The third-order valence-corrected chi connectivity index (χ3v) is 3.48. The average molecular weight is 239 g/mol. The van der Waals surface area contributed by atoms with E-state index in [0.29, 0.717) is 5.92 Å². The quantitative estimate of drug-likeness (QED) is 0.884. The van der Waals surface area contributed by atoms with Crippen LogP contribution in [0.3, 0.4) is 0 Å². The van der Waals surface area contributed by atoms with Crippen molar-refractivity contribution in [3.05, 3.63) is 59.7 Å². The lowest BCUT2D eigenvalue weighted by Gasteiger charge is -2.13. The van der Waals surface area contributed by atoms with E-state index in [1.165, 1.54) is 16.8 Å². The summed E-state index contributed by atoms with van der Waals surface area (Å²) in [4.78, 5) is 0. The van der Waals surface area contributed by atoms with Gasteiger partial charge >= 0.3 is 0 Å². The number of hydrogen-bond donors (Lipinski definition) is 1. The minimum atomic E-state index is 0.445. The summed E-state index contributed by atoms with van der Waals surface area (Å²) in [6.45, 7) is 3.82. The van der Waals surface area contributed by atoms with E-state index in [2.05, 4.69) is 48.6 Å². The van der Waals surface area contributed by atoms with E-state index < -0.39 is 0 Å². The summed E-state index contributed by atoms with van der Waals surface area (Å²) in [5, 5.41) is 3.52. The Morgan fingerprint density at radius 1 is 1.11 bits per heavy atom. The van der Waals surface area contributed by atoms with Crippen molar-refractivity contribution in [3.63, 3.8) is 0 Å². The maximum Gasteiger partial charge on any atom is 0.122 e. The molecule has 3 rings (SSSR count). The number of rotatable bonds is 3. The van der Waals surface area contributed by atoms with Gasteiger partial charge in [0.2, 0.25) is 0 Å². The highest BCUT2D eigenvalue weighted by atomic mass is 16.5. The van der Waals surface area contributed by atoms with E-state index in [1.807, 2.05) is 12.1 Å². The molecule has 0 amide bonds. The number of para-hydroxylation sites is 2. The maximum atomic E-state index is 5.69. The molecule has 0 saturated carbocycles. The number of hydrogen-bond acceptors (Lipinski definition) is 2. The lowest BCUT2D eigenvalue weighted by Crippen LogP contribution is -2.14. The summed E-state index contributed by atoms with van der Waals surface area (Å²) in [5.74, 6) is 1.48. The van der Waals surface area contributed by atoms with Gasteiger partial charge in [0.1, 0.15) is 5.75 Å². The van der Waals surface area contributed by atoms with Crippen LogP contribution in [0.1, 0.15) is 17.0 Å². The van der Waals surface area contributed by atoms with Crippen molar-refractivity contribution in [1.82, 2.24) is 0 Å². The molecular weight excluding hydrogens is 222 g/mol. The predicted molar refractivity (Wildman–Crippen MR) is 74.3 cm³/mol. The van der Waals surface area contributed by atoms with Crippen LogP contribution in [0.4, 0.5) is 5.69 Å². The van der Waals surface area contributed by atoms with Crippen molar-refractivity contribution in [2.45, 2.75) is 12.8 Å². The second kappa shape index (κ2) is 4.73. The van der Waals surface area contributed by atoms with Gasteiger partial charge < -0.3 is 10.1 Å². The molecule has 0 aliphatic carbocycles. The molecule has 1 atom stereocenters. The van der Waals surface area contributed by atoms with E-state index >= 15 is 0 Å². The van der Waals surface area contributed by atoms with Gasteiger partial charge in [-0.1, -0.05) is 36.4 Å². The molecule has 1 N–H and O–H groups in total. The molecule has 0 fully saturated rings. The molecule has 2 nitrogen and oxygen atoms in total. The van der Waals surface area contributed by atoms with Gasteiger partial charge in [-0.25, -0.2) is 0 Å². The number of benzene rings is 2. The number of nitrogens with one attached hydrogen (secondary N) is 1. The highest BCUT2D eigenvalue weighted by Gasteiger charge is 2.23. The molecule has 2 aromatic carbocycles. The minimum absolute atomic E-state index is 0.445. The number of aryl methyl sites for hydroxylation is 1. The molecule has 0 spiro atoms. The van der Waals surface area contributed by atoms with Crippen LogP contribution >= 0.6 is 0 Å². The molecule has 0 bridgehead atoms. The Kier molecular flexibility index (Phi) is 2.93. The van der Waals surface area contributed by atoms with Crippen LogP contribution in [0.15, 0.2) is 48.5 Å². The highest BCUT2D eigenvalue weighted by molar-refractivity contribution is 5.51. The first-order valence-electron chi connectivity index (χ1n) is 6.36. The van der Waals surface area contributed by atoms with Crippen molar-refractivity contribution in [2.75, 3.05) is 18.5 Å². The molecule has 1 aliphatic rings. The Hall–Kier alpha value is -1.96. The van der Waals surface area contributed by atoms with Crippen LogP contribution in [0.5, 0.6) is 5.75 Å². The normalized spacial score (nSPS) is 17.1. The maximum absolute atomic E-state index is 5.69. The van der Waals surface area contributed by atoms with Gasteiger partial charge in [0.25, 0.3) is 0 Å². The molecule has 1 aliphatic heterocycles. The lowest BCUT2D eigenvalue weighted by atomic mass is 10.0. The fourth-order valence-electron chi connectivity index (χ4n) is 2.40. The number of ether oxygens (including phenoxy) is 1. The largest absolute Gasteiger partial charge is 0.493 e. The Bertz CT molecular complexity index is 550. The Morgan fingerprint density at radius 2 is 1.89 bits per heavy atom. The van der Waals surface area contributed by atoms with Crippen LogP contribution in [0.25, 0.3) is 0 Å². The SMILES string of the molecule is Cc1ccccc1NCC1COc2ccccc21. The third kappa shape index (κ3) is 2.06. The van der Waals surface area contributed by atoms with Crippen molar-refractivity contribution >= 4 is 5.69 Å². The lowest BCUT2D eigenvalue weighted by molar-refractivity contribution is 0.334. The molecule has 0 radical (unpaired) electrons. The summed E-state index contributed by atoms with van der Waals surface area (Å²) in [6.07, 6.45) is 0. The zero-order valence-corrected chi connectivity index (χ0v) is 10.5. The van der Waals surface area contributed by atoms with Crippen LogP contribution in [-0.2, 0) is 0 Å². The fourth-order valence-corrected chi connectivity index (χ4v) is 2.40. The topological polar surface area (TPSA) is 21.3 Å². The van der Waals surface area contributed by atoms with Crippen molar-refractivity contribution in [2.24, 2.45) is 0 Å². The first-order chi connectivity index (χ1) is 8.84. The van der Waals surface area contributed by atoms with Crippen LogP contribution in [0.2, 0.25) is 0 Å². The van der Waals surface area contributed by atoms with Crippen LogP contribution in [-0.4, -0.2) is 13.2 Å². The van der Waals surface area contributed by atoms with Gasteiger partial charge in [-0.05, 0) is 24.6 Å². The predicted octanol–water partition coefficient (Wildman–Crippen LogP) is 3.58. The summed E-state index contributed by atoms with van der Waals surface area (Å²) in [6, 6.07) is 16.7. The van der Waals surface area contributed by atoms with Crippen molar-refractivity contribution in [1.29, 1.82) is 0 Å². The van der Waals surface area contributed by atoms with E-state index in [-0.39, 0.29) is 0 Å². The van der Waals surface area contributed by atoms with E-state index in [1.54, 1.807) is 0 Å². The first-order valence-corrected chi connectivity index (χ1v) is 6.36. The monoisotopic (exact) mass is 239 g/mol. The molecule has 0 saturated heterocycles. The molecule has 1 unspecified atom stereocenters. The fraction of sp³-hybridized carbons (Fsp3) is 0.250. The molecule has 1 heterocycles. The van der Waals surface area contributed by atoms with E-state index in [9.17, 15) is 0 Å². The molecule has 18 heavy (non-hydrogen) atoms. The van der Waals surface area contributed by atoms with Gasteiger partial charge in [-0.3, -0.25) is 0 Å². The second-order valence-corrected chi connectivity index (χ2v) is 4.74. The number of fused-ring (bicyclic) bond motifs is 1. The second-order valence-electron chi connectivity index (χ2n) is 4.74. The standard InChI is InChI=1S/C16H17NO/c1-12-6-2-4-8-15(12)17-10-13-11-18-16-9-5-3-7-14(13)16/h2-9,13,17H,10-11H2,1H3. The third-order valence-electron chi connectivity index (χ3n) is 3.48. The van der Waals surface area contributed by atoms with Gasteiger partial charge in [-0.15, -0.1) is 0 Å². The van der Waals surface area contributed by atoms with Gasteiger partial charge in [-0.2, -0.15) is 0 Å². The molecule has 92 valence electrons. The summed E-state index contributed by atoms with van der Waals surface area (Å²) >= 11 is 0. The number of anilines is 1. The van der Waals surface area contributed by atoms with Gasteiger partial charge in [0.05, 0.1) is 6.61 Å². The highest BCUT2D eigenvalue weighted by Crippen LogP contribution is 2.33. The molecular formula is C16H17NO. The Balaban J connectivity index is 1.71. The summed E-state index contributed by atoms with van der Waals surface area (Å²) < 4.78 is 5.69. The minimum Gasteiger partial charge on any atom is -0.493 e. The van der Waals surface area contributed by atoms with Crippen LogP contribution in [0, 0.1) is 6.92 Å². The Labute approximate surface area is 108 Å². The van der Waals surface area contributed by atoms with Gasteiger partial charge in [0.15, 0.2) is 0 Å². The smallest absolute Gasteiger partial charge is 0.122 e. The molecule has 2 aromatic rings. The molecule has 0 aromatic heterocycles. The zero-order valence-electron chi connectivity index (χ0n) is 10.5. The Morgan fingerprint density at radius 3 is 2.78 bits per heavy atom. The average Bonchev–Trinajstić information content (AvgIpc) is 2.81. The van der Waals surface area contributed by atoms with E-state index in [0.717, 1.165) is 18.9 Å². The van der Waals surface area contributed by atoms with E-state index in [4.69, 9.17) is 4.74 Å². The first kappa shape index (κ1) is 11.1. The van der Waals surface area contributed by atoms with Crippen molar-refractivity contribution < 1.29 is 4.74 Å². The zero-order chi connectivity index (χ0) is 12.4. The van der Waals surface area contributed by atoms with Crippen molar-refractivity contribution in [3.8, 4) is 5.75 Å². The summed E-state index contributed by atoms with van der Waals surface area (Å²) in [5.41, 5.74) is 3.81. The van der Waals surface area contributed by atoms with Crippen LogP contribution < -0.4 is 10.1 Å². The van der Waals surface area contributed by atoms with Gasteiger partial charge in [0, 0.05) is 23.7 Å².